The minimum atomic E-state index is -0.492. The molecule has 0 aliphatic carbocycles. The molecule has 2 aliphatic heterocycles. The van der Waals surface area contributed by atoms with Crippen LogP contribution in [0.2, 0.25) is 0 Å². The van der Waals surface area contributed by atoms with Crippen molar-refractivity contribution in [3.8, 4) is 0 Å². The van der Waals surface area contributed by atoms with Crippen molar-refractivity contribution in [2.45, 2.75) is 78.1 Å². The predicted molar refractivity (Wildman–Crippen MR) is 119 cm³/mol. The van der Waals surface area contributed by atoms with Gasteiger partial charge < -0.3 is 23.9 Å². The lowest BCUT2D eigenvalue weighted by Gasteiger charge is -2.32. The molecular formula is C23H33BN2O4. The van der Waals surface area contributed by atoms with Gasteiger partial charge in [0.2, 0.25) is 0 Å². The van der Waals surface area contributed by atoms with Gasteiger partial charge in [0.15, 0.2) is 0 Å². The average molecular weight is 412 g/mol. The van der Waals surface area contributed by atoms with Crippen LogP contribution in [0.15, 0.2) is 18.2 Å². The summed E-state index contributed by atoms with van der Waals surface area (Å²) in [4.78, 5) is 18.0. The Hall–Kier alpha value is -1.99. The third-order valence-corrected chi connectivity index (χ3v) is 6.47. The van der Waals surface area contributed by atoms with Crippen LogP contribution in [0, 0.1) is 0 Å². The summed E-state index contributed by atoms with van der Waals surface area (Å²) in [6.45, 7) is 15.3. The number of carbonyl (C=O) groups is 1. The van der Waals surface area contributed by atoms with E-state index < -0.39 is 12.7 Å². The smallest absolute Gasteiger partial charge is 0.444 e. The van der Waals surface area contributed by atoms with Crippen LogP contribution in [0.5, 0.6) is 0 Å². The number of rotatable bonds is 1. The van der Waals surface area contributed by atoms with Gasteiger partial charge >= 0.3 is 13.2 Å². The summed E-state index contributed by atoms with van der Waals surface area (Å²) in [5.74, 6) is 0. The Kier molecular flexibility index (Phi) is 4.98. The van der Waals surface area contributed by atoms with Crippen LogP contribution in [0.25, 0.3) is 10.9 Å². The molecule has 3 heterocycles. The Labute approximate surface area is 179 Å². The molecule has 1 saturated heterocycles. The van der Waals surface area contributed by atoms with Crippen molar-refractivity contribution in [1.29, 1.82) is 0 Å². The van der Waals surface area contributed by atoms with Crippen molar-refractivity contribution >= 4 is 29.6 Å². The van der Waals surface area contributed by atoms with E-state index in [2.05, 4.69) is 44.8 Å². The van der Waals surface area contributed by atoms with E-state index >= 15 is 0 Å². The minimum Gasteiger partial charge on any atom is -0.444 e. The lowest BCUT2D eigenvalue weighted by Crippen LogP contribution is -2.41. The molecular weight excluding hydrogens is 379 g/mol. The van der Waals surface area contributed by atoms with E-state index in [1.807, 2.05) is 31.7 Å². The van der Waals surface area contributed by atoms with Gasteiger partial charge in [-0.1, -0.05) is 12.1 Å². The molecule has 7 heteroatoms. The second kappa shape index (κ2) is 7.03. The van der Waals surface area contributed by atoms with E-state index in [1.165, 1.54) is 11.3 Å². The van der Waals surface area contributed by atoms with Crippen molar-refractivity contribution < 1.29 is 18.8 Å². The van der Waals surface area contributed by atoms with Gasteiger partial charge in [-0.2, -0.15) is 0 Å². The van der Waals surface area contributed by atoms with Gasteiger partial charge in [0, 0.05) is 36.1 Å². The minimum absolute atomic E-state index is 0.247. The van der Waals surface area contributed by atoms with Gasteiger partial charge in [-0.05, 0) is 72.0 Å². The molecule has 6 nitrogen and oxygen atoms in total. The molecule has 1 fully saturated rings. The number of nitrogens with zero attached hydrogens (tertiary/aromatic N) is 1. The summed E-state index contributed by atoms with van der Waals surface area (Å²) in [5.41, 5.74) is 3.31. The number of benzene rings is 1. The number of hydrogen-bond acceptors (Lipinski definition) is 4. The first-order valence-corrected chi connectivity index (χ1v) is 10.8. The van der Waals surface area contributed by atoms with Crippen LogP contribution in [-0.2, 0) is 26.9 Å². The van der Waals surface area contributed by atoms with Gasteiger partial charge in [-0.15, -0.1) is 0 Å². The fourth-order valence-electron chi connectivity index (χ4n) is 4.17. The van der Waals surface area contributed by atoms with Crippen molar-refractivity contribution in [3.05, 3.63) is 29.5 Å². The van der Waals surface area contributed by atoms with E-state index in [-0.39, 0.29) is 17.3 Å². The largest absolute Gasteiger partial charge is 0.495 e. The molecule has 0 radical (unpaired) electrons. The van der Waals surface area contributed by atoms with Gasteiger partial charge in [-0.3, -0.25) is 0 Å². The van der Waals surface area contributed by atoms with Gasteiger partial charge in [0.1, 0.15) is 5.60 Å². The lowest BCUT2D eigenvalue weighted by atomic mass is 9.76. The monoisotopic (exact) mass is 412 g/mol. The molecule has 0 unspecified atom stereocenters. The van der Waals surface area contributed by atoms with Crippen LogP contribution in [-0.4, -0.2) is 53.0 Å². The highest BCUT2D eigenvalue weighted by Crippen LogP contribution is 2.37. The van der Waals surface area contributed by atoms with E-state index in [0.29, 0.717) is 13.1 Å². The molecule has 0 saturated carbocycles. The van der Waals surface area contributed by atoms with E-state index in [9.17, 15) is 4.79 Å². The van der Waals surface area contributed by atoms with E-state index in [4.69, 9.17) is 14.0 Å². The van der Waals surface area contributed by atoms with Crippen LogP contribution >= 0.6 is 0 Å². The summed E-state index contributed by atoms with van der Waals surface area (Å²) < 4.78 is 18.3. The molecule has 1 amide bonds. The van der Waals surface area contributed by atoms with Crippen molar-refractivity contribution in [2.75, 3.05) is 13.1 Å². The normalized spacial score (nSPS) is 20.9. The number of hydrogen-bond donors (Lipinski definition) is 1. The maximum atomic E-state index is 12.6. The molecule has 162 valence electrons. The first-order chi connectivity index (χ1) is 13.9. The first kappa shape index (κ1) is 21.3. The predicted octanol–water partition coefficient (Wildman–Crippen LogP) is 3.80. The average Bonchev–Trinajstić information content (AvgIpc) is 2.96. The molecule has 1 aromatic carbocycles. The standard InChI is InChI=1S/C23H33BN2O4/c1-21(2,3)28-20(27)26-13-11-15-17(12-14-26)25-18-10-8-9-16(19(15)18)24-29-22(4,5)23(6,7)30-24/h8-10,25H,11-14H2,1-7H3. The summed E-state index contributed by atoms with van der Waals surface area (Å²) >= 11 is 0. The first-order valence-electron chi connectivity index (χ1n) is 10.8. The lowest BCUT2D eigenvalue weighted by molar-refractivity contribution is 0.00578. The van der Waals surface area contributed by atoms with Crippen LogP contribution in [0.3, 0.4) is 0 Å². The van der Waals surface area contributed by atoms with Crippen molar-refractivity contribution in [1.82, 2.24) is 9.88 Å². The maximum Gasteiger partial charge on any atom is 0.495 e. The van der Waals surface area contributed by atoms with Crippen LogP contribution in [0.1, 0.15) is 59.7 Å². The summed E-state index contributed by atoms with van der Waals surface area (Å²) in [6.07, 6.45) is 1.29. The Morgan fingerprint density at radius 1 is 1.10 bits per heavy atom. The van der Waals surface area contributed by atoms with E-state index in [0.717, 1.165) is 29.2 Å². The SMILES string of the molecule is CC(C)(C)OC(=O)N1CCc2[nH]c3cccc(B4OC(C)(C)C(C)(C)O4)c3c2CC1. The Morgan fingerprint density at radius 3 is 2.37 bits per heavy atom. The summed E-state index contributed by atoms with van der Waals surface area (Å²) in [7, 11) is -0.413. The number of aromatic amines is 1. The van der Waals surface area contributed by atoms with Gasteiger partial charge in [-0.25, -0.2) is 4.79 Å². The highest BCUT2D eigenvalue weighted by molar-refractivity contribution is 6.65. The fourth-order valence-corrected chi connectivity index (χ4v) is 4.17. The quantitative estimate of drug-likeness (QED) is 0.724. The highest BCUT2D eigenvalue weighted by Gasteiger charge is 2.52. The van der Waals surface area contributed by atoms with Crippen LogP contribution < -0.4 is 5.46 Å². The number of ether oxygens (including phenoxy) is 1. The molecule has 0 spiro atoms. The zero-order chi connectivity index (χ0) is 21.9. The van der Waals surface area contributed by atoms with Crippen LogP contribution in [0.4, 0.5) is 4.79 Å². The molecule has 1 aromatic heterocycles. The van der Waals surface area contributed by atoms with Gasteiger partial charge in [0.05, 0.1) is 11.2 Å². The zero-order valence-electron chi connectivity index (χ0n) is 19.2. The third kappa shape index (κ3) is 3.74. The summed E-state index contributed by atoms with van der Waals surface area (Å²) in [5, 5.41) is 1.16. The number of amides is 1. The Bertz CT molecular complexity index is 957. The molecule has 0 atom stereocenters. The van der Waals surface area contributed by atoms with E-state index in [1.54, 1.807) is 0 Å². The summed E-state index contributed by atoms with van der Waals surface area (Å²) in [6, 6.07) is 6.24. The third-order valence-electron chi connectivity index (χ3n) is 6.47. The molecule has 1 N–H and O–H groups in total. The van der Waals surface area contributed by atoms with Crippen molar-refractivity contribution in [2.24, 2.45) is 0 Å². The molecule has 2 aromatic rings. The number of fused-ring (bicyclic) bond motifs is 3. The topological polar surface area (TPSA) is 63.8 Å². The number of nitrogens with one attached hydrogen (secondary N) is 1. The Balaban J connectivity index is 1.65. The zero-order valence-corrected chi connectivity index (χ0v) is 19.2. The number of carbonyl (C=O) groups excluding carboxylic acids is 1. The van der Waals surface area contributed by atoms with Gasteiger partial charge in [0.25, 0.3) is 0 Å². The Morgan fingerprint density at radius 2 is 1.73 bits per heavy atom. The highest BCUT2D eigenvalue weighted by atomic mass is 16.7. The number of H-pyrrole nitrogens is 1. The second-order valence-electron chi connectivity index (χ2n) is 10.4. The van der Waals surface area contributed by atoms with Crippen molar-refractivity contribution in [3.63, 3.8) is 0 Å². The number of aromatic nitrogens is 1. The molecule has 30 heavy (non-hydrogen) atoms. The molecule has 4 rings (SSSR count). The second-order valence-corrected chi connectivity index (χ2v) is 10.4. The molecule has 0 bridgehead atoms. The maximum absolute atomic E-state index is 12.6. The molecule has 2 aliphatic rings. The fraction of sp³-hybridized carbons (Fsp3) is 0.609.